The maximum Gasteiger partial charge on any atom is 0.295 e. The maximum atomic E-state index is 13.1. The number of ketones is 1. The van der Waals surface area contributed by atoms with Gasteiger partial charge in [0.2, 0.25) is 0 Å². The van der Waals surface area contributed by atoms with Crippen LogP contribution in [0.15, 0.2) is 59.7 Å². The Morgan fingerprint density at radius 1 is 1.16 bits per heavy atom. The summed E-state index contributed by atoms with van der Waals surface area (Å²) in [5.74, 6) is -1.27. The number of likely N-dealkylation sites (tertiary alicyclic amines) is 1. The molecule has 0 radical (unpaired) electrons. The zero-order chi connectivity index (χ0) is 22.8. The Balaban J connectivity index is 1.89. The average molecular weight is 471 g/mol. The number of carbonyl (C=O) groups excluding carboxylic acids is 2. The summed E-state index contributed by atoms with van der Waals surface area (Å²) >= 11 is 7.58. The molecule has 0 spiro atoms. The molecular weight excluding hydrogens is 452 g/mol. The van der Waals surface area contributed by atoms with Crippen molar-refractivity contribution < 1.29 is 24.2 Å². The Morgan fingerprint density at radius 2 is 1.88 bits per heavy atom. The third-order valence-electron chi connectivity index (χ3n) is 5.18. The number of Topliss-reactive ketones (excluding diaryl/α,β-unsaturated/α-hetero) is 1. The monoisotopic (exact) mass is 470 g/mol. The first-order chi connectivity index (χ1) is 15.5. The summed E-state index contributed by atoms with van der Waals surface area (Å²) in [6.45, 7) is 0.188. The second kappa shape index (κ2) is 9.02. The molecule has 2 aromatic heterocycles. The molecule has 1 unspecified atom stereocenters. The van der Waals surface area contributed by atoms with Crippen LogP contribution in [0.1, 0.15) is 22.0 Å². The van der Waals surface area contributed by atoms with Gasteiger partial charge in [-0.2, -0.15) is 0 Å². The Hall–Kier alpha value is -3.36. The highest BCUT2D eigenvalue weighted by Crippen LogP contribution is 2.44. The number of ether oxygens (including phenoxy) is 2. The number of amides is 1. The van der Waals surface area contributed by atoms with E-state index < -0.39 is 17.7 Å². The molecule has 164 valence electrons. The molecule has 32 heavy (non-hydrogen) atoms. The molecule has 1 saturated heterocycles. The number of methoxy groups -OCH3 is 2. The van der Waals surface area contributed by atoms with Crippen LogP contribution in [-0.2, 0) is 16.1 Å². The van der Waals surface area contributed by atoms with Crippen molar-refractivity contribution >= 4 is 40.4 Å². The van der Waals surface area contributed by atoms with E-state index in [4.69, 9.17) is 21.1 Å². The minimum absolute atomic E-state index is 0.0193. The number of benzene rings is 1. The molecule has 0 bridgehead atoms. The molecule has 1 aliphatic heterocycles. The molecule has 3 heterocycles. The molecule has 1 fully saturated rings. The highest BCUT2D eigenvalue weighted by molar-refractivity contribution is 7.10. The molecular formula is C23H19ClN2O5S. The summed E-state index contributed by atoms with van der Waals surface area (Å²) in [5.41, 5.74) is 1.00. The topological polar surface area (TPSA) is 89.0 Å². The van der Waals surface area contributed by atoms with Gasteiger partial charge in [0.1, 0.15) is 17.3 Å². The zero-order valence-corrected chi connectivity index (χ0v) is 18.8. The summed E-state index contributed by atoms with van der Waals surface area (Å²) < 4.78 is 10.6. The molecule has 1 aromatic carbocycles. The third-order valence-corrected chi connectivity index (χ3v) is 6.40. The van der Waals surface area contributed by atoms with Gasteiger partial charge in [0.25, 0.3) is 11.7 Å². The molecule has 1 N–H and O–H groups in total. The predicted molar refractivity (Wildman–Crippen MR) is 121 cm³/mol. The van der Waals surface area contributed by atoms with Crippen LogP contribution in [0.5, 0.6) is 11.5 Å². The minimum Gasteiger partial charge on any atom is -0.507 e. The van der Waals surface area contributed by atoms with Crippen molar-refractivity contribution in [2.24, 2.45) is 0 Å². The van der Waals surface area contributed by atoms with Crippen LogP contribution in [0.2, 0.25) is 5.02 Å². The summed E-state index contributed by atoms with van der Waals surface area (Å²) in [6.07, 6.45) is 3.24. The van der Waals surface area contributed by atoms with E-state index in [1.807, 2.05) is 17.5 Å². The van der Waals surface area contributed by atoms with E-state index in [2.05, 4.69) is 4.98 Å². The van der Waals surface area contributed by atoms with Gasteiger partial charge >= 0.3 is 0 Å². The van der Waals surface area contributed by atoms with Crippen LogP contribution >= 0.6 is 22.9 Å². The van der Waals surface area contributed by atoms with Crippen LogP contribution in [0, 0.1) is 0 Å². The molecule has 7 nitrogen and oxygen atoms in total. The number of rotatable bonds is 6. The lowest BCUT2D eigenvalue weighted by Crippen LogP contribution is -2.28. The molecule has 3 aromatic rings. The Kier molecular flexibility index (Phi) is 6.16. The fraction of sp³-hybridized carbons (Fsp3) is 0.174. The van der Waals surface area contributed by atoms with Gasteiger partial charge in [-0.15, -0.1) is 11.3 Å². The van der Waals surface area contributed by atoms with Crippen LogP contribution < -0.4 is 9.47 Å². The fourth-order valence-corrected chi connectivity index (χ4v) is 4.74. The molecule has 1 atom stereocenters. The van der Waals surface area contributed by atoms with E-state index in [9.17, 15) is 14.7 Å². The molecule has 1 amide bonds. The predicted octanol–water partition coefficient (Wildman–Crippen LogP) is 4.44. The van der Waals surface area contributed by atoms with E-state index in [1.54, 1.807) is 24.5 Å². The van der Waals surface area contributed by atoms with Crippen molar-refractivity contribution in [1.29, 1.82) is 0 Å². The lowest BCUT2D eigenvalue weighted by atomic mass is 9.99. The third kappa shape index (κ3) is 3.83. The van der Waals surface area contributed by atoms with E-state index in [0.717, 1.165) is 10.4 Å². The van der Waals surface area contributed by atoms with Crippen LogP contribution in [0.3, 0.4) is 0 Å². The SMILES string of the molecule is COc1cc(/C(O)=C2\C(=O)C(=O)N(Cc3ccncc3)C2c2cccs2)c(OC)cc1Cl. The smallest absolute Gasteiger partial charge is 0.295 e. The minimum atomic E-state index is -0.772. The number of aliphatic hydroxyl groups excluding tert-OH is 1. The number of pyridine rings is 1. The maximum absolute atomic E-state index is 13.1. The number of hydrogen-bond donors (Lipinski definition) is 1. The Bertz CT molecular complexity index is 1190. The van der Waals surface area contributed by atoms with Crippen molar-refractivity contribution in [3.8, 4) is 11.5 Å². The normalized spacial score (nSPS) is 17.6. The number of thiophene rings is 1. The van der Waals surface area contributed by atoms with Crippen molar-refractivity contribution in [1.82, 2.24) is 9.88 Å². The van der Waals surface area contributed by atoms with Gasteiger partial charge in [-0.25, -0.2) is 0 Å². The molecule has 0 saturated carbocycles. The number of halogens is 1. The number of aliphatic hydroxyl groups is 1. The second-order valence-electron chi connectivity index (χ2n) is 6.98. The standard InChI is InChI=1S/C23H19ClN2O5S/c1-30-16-11-15(24)17(31-2)10-14(16)21(27)19-20(18-4-3-9-32-18)26(23(29)22(19)28)12-13-5-7-25-8-6-13/h3-11,20,27H,12H2,1-2H3/b21-19+. The van der Waals surface area contributed by atoms with E-state index in [-0.39, 0.29) is 34.2 Å². The van der Waals surface area contributed by atoms with Gasteiger partial charge in [-0.05, 0) is 35.2 Å². The number of carbonyl (C=O) groups is 2. The van der Waals surface area contributed by atoms with Gasteiger partial charge in [0.05, 0.1) is 36.4 Å². The highest BCUT2D eigenvalue weighted by atomic mass is 35.5. The number of nitrogens with zero attached hydrogens (tertiary/aromatic N) is 2. The largest absolute Gasteiger partial charge is 0.507 e. The van der Waals surface area contributed by atoms with Gasteiger partial charge in [0, 0.05) is 29.9 Å². The second-order valence-corrected chi connectivity index (χ2v) is 8.37. The number of aromatic nitrogens is 1. The van der Waals surface area contributed by atoms with E-state index in [1.165, 1.54) is 42.6 Å². The van der Waals surface area contributed by atoms with Gasteiger partial charge in [0.15, 0.2) is 0 Å². The van der Waals surface area contributed by atoms with Crippen molar-refractivity contribution in [2.75, 3.05) is 14.2 Å². The average Bonchev–Trinajstić information content (AvgIpc) is 3.42. The van der Waals surface area contributed by atoms with Crippen LogP contribution in [0.25, 0.3) is 5.76 Å². The summed E-state index contributed by atoms with van der Waals surface area (Å²) in [6, 6.07) is 9.43. The molecule has 4 rings (SSSR count). The summed E-state index contributed by atoms with van der Waals surface area (Å²) in [4.78, 5) is 32.4. The van der Waals surface area contributed by atoms with Crippen LogP contribution in [-0.4, -0.2) is 40.9 Å². The fourth-order valence-electron chi connectivity index (χ4n) is 3.66. The lowest BCUT2D eigenvalue weighted by Gasteiger charge is -2.24. The first kappa shape index (κ1) is 21.9. The first-order valence-corrected chi connectivity index (χ1v) is 10.8. The quantitative estimate of drug-likeness (QED) is 0.325. The van der Waals surface area contributed by atoms with Crippen LogP contribution in [0.4, 0.5) is 0 Å². The molecule has 1 aliphatic rings. The van der Waals surface area contributed by atoms with Gasteiger partial charge < -0.3 is 19.5 Å². The van der Waals surface area contributed by atoms with Crippen molar-refractivity contribution in [3.05, 3.63) is 80.8 Å². The molecule has 9 heteroatoms. The van der Waals surface area contributed by atoms with E-state index in [0.29, 0.717) is 5.75 Å². The first-order valence-electron chi connectivity index (χ1n) is 9.58. The van der Waals surface area contributed by atoms with Gasteiger partial charge in [-0.1, -0.05) is 17.7 Å². The Morgan fingerprint density at radius 3 is 2.50 bits per heavy atom. The van der Waals surface area contributed by atoms with E-state index >= 15 is 0 Å². The zero-order valence-electron chi connectivity index (χ0n) is 17.2. The molecule has 0 aliphatic carbocycles. The number of hydrogen-bond acceptors (Lipinski definition) is 7. The van der Waals surface area contributed by atoms with Crippen molar-refractivity contribution in [2.45, 2.75) is 12.6 Å². The lowest BCUT2D eigenvalue weighted by molar-refractivity contribution is -0.140. The summed E-state index contributed by atoms with van der Waals surface area (Å²) in [5, 5.41) is 13.4. The Labute approximate surface area is 193 Å². The van der Waals surface area contributed by atoms with Gasteiger partial charge in [-0.3, -0.25) is 14.6 Å². The highest BCUT2D eigenvalue weighted by Gasteiger charge is 2.46. The van der Waals surface area contributed by atoms with Crippen molar-refractivity contribution in [3.63, 3.8) is 0 Å². The summed E-state index contributed by atoms with van der Waals surface area (Å²) in [7, 11) is 2.87.